The first kappa shape index (κ1) is 30.9. The molecule has 1 aromatic carbocycles. The first-order chi connectivity index (χ1) is 20.6. The topological polar surface area (TPSA) is 131 Å². The summed E-state index contributed by atoms with van der Waals surface area (Å²) in [5, 5.41) is 16.9. The lowest BCUT2D eigenvalue weighted by molar-refractivity contribution is -0.271. The zero-order chi connectivity index (χ0) is 32.0. The van der Waals surface area contributed by atoms with E-state index in [1.54, 1.807) is 0 Å². The molecule has 10 nitrogen and oxygen atoms in total. The van der Waals surface area contributed by atoms with Crippen molar-refractivity contribution < 1.29 is 45.4 Å². The number of pyridine rings is 1. The summed E-state index contributed by atoms with van der Waals surface area (Å²) in [5.74, 6) is -1.65. The number of amides is 1. The molecule has 0 spiro atoms. The molecule has 4 N–H and O–H groups in total. The average Bonchev–Trinajstić information content (AvgIpc) is 3.53. The van der Waals surface area contributed by atoms with Gasteiger partial charge in [0.15, 0.2) is 11.4 Å². The fourth-order valence-electron chi connectivity index (χ4n) is 5.14. The largest absolute Gasteiger partial charge is 0.480 e. The number of nitrogens with one attached hydrogen (secondary N) is 1. The third-order valence-electron chi connectivity index (χ3n) is 7.29. The molecular formula is C27H24F7N7O3. The first-order valence-electron chi connectivity index (χ1n) is 12.9. The maximum Gasteiger partial charge on any atom is 0.422 e. The first-order valence-corrected chi connectivity index (χ1v) is 12.9. The molecule has 3 atom stereocenters. The number of fused-ring (bicyclic) bond motifs is 1. The van der Waals surface area contributed by atoms with Crippen LogP contribution in [-0.4, -0.2) is 80.6 Å². The number of nitrogens with zero attached hydrogens (tertiary/aromatic N) is 5. The standard InChI is InChI=1S/C27H24F7N7O3/c1-44-24-16(7-14(9-36-24)20-8-17(26(29,30)31)21-22(35)37-13-38-41(20)21)23(42)39-19-11-40(10-18(19)28)12-25(43,27(32,33)34)15-5-3-2-4-6-15/h2-9,13,18-19,43H,10-12H2,1H3,(H,39,42)(H2,35,37,38)/t18-,19+,25?/m0/s1. The van der Waals surface area contributed by atoms with Crippen LogP contribution in [0.25, 0.3) is 16.8 Å². The van der Waals surface area contributed by atoms with Gasteiger partial charge in [0, 0.05) is 31.4 Å². The average molecular weight is 628 g/mol. The Morgan fingerprint density at radius 3 is 2.45 bits per heavy atom. The van der Waals surface area contributed by atoms with Crippen LogP contribution in [0.4, 0.5) is 36.6 Å². The van der Waals surface area contributed by atoms with Gasteiger partial charge in [-0.25, -0.2) is 18.9 Å². The Morgan fingerprint density at radius 2 is 1.82 bits per heavy atom. The molecule has 1 aliphatic rings. The molecule has 5 rings (SSSR count). The van der Waals surface area contributed by atoms with E-state index in [1.807, 2.05) is 0 Å². The molecule has 0 bridgehead atoms. The van der Waals surface area contributed by atoms with Crippen LogP contribution in [0.2, 0.25) is 0 Å². The van der Waals surface area contributed by atoms with Crippen molar-refractivity contribution in [2.45, 2.75) is 30.2 Å². The second kappa shape index (κ2) is 11.2. The number of β-amino-alcohol motifs (C(OH)–C–C–N with tert-alkyl or cyclic N) is 1. The molecule has 0 aliphatic carbocycles. The van der Waals surface area contributed by atoms with Crippen molar-refractivity contribution in [2.24, 2.45) is 0 Å². The van der Waals surface area contributed by atoms with Gasteiger partial charge in [0.05, 0.1) is 24.4 Å². The summed E-state index contributed by atoms with van der Waals surface area (Å²) in [7, 11) is 1.18. The number of carbonyl (C=O) groups excluding carboxylic acids is 1. The van der Waals surface area contributed by atoms with Crippen LogP contribution in [0.1, 0.15) is 21.5 Å². The molecule has 1 fully saturated rings. The smallest absolute Gasteiger partial charge is 0.422 e. The fourth-order valence-corrected chi connectivity index (χ4v) is 5.14. The van der Waals surface area contributed by atoms with Crippen LogP contribution < -0.4 is 15.8 Å². The van der Waals surface area contributed by atoms with Crippen molar-refractivity contribution in [2.75, 3.05) is 32.5 Å². The number of hydrogen-bond acceptors (Lipinski definition) is 8. The van der Waals surface area contributed by atoms with E-state index in [-0.39, 0.29) is 29.2 Å². The van der Waals surface area contributed by atoms with Gasteiger partial charge in [-0.2, -0.15) is 31.4 Å². The van der Waals surface area contributed by atoms with Gasteiger partial charge in [0.1, 0.15) is 23.6 Å². The minimum Gasteiger partial charge on any atom is -0.480 e. The highest BCUT2D eigenvalue weighted by molar-refractivity contribution is 5.98. The van der Waals surface area contributed by atoms with Crippen molar-refractivity contribution in [3.63, 3.8) is 0 Å². The normalized spacial score (nSPS) is 19.2. The van der Waals surface area contributed by atoms with E-state index >= 15 is 4.39 Å². The van der Waals surface area contributed by atoms with Gasteiger partial charge >= 0.3 is 12.4 Å². The third kappa shape index (κ3) is 5.59. The Bertz CT molecular complexity index is 1680. The predicted molar refractivity (Wildman–Crippen MR) is 141 cm³/mol. The zero-order valence-corrected chi connectivity index (χ0v) is 22.7. The van der Waals surface area contributed by atoms with Crippen molar-refractivity contribution in [1.29, 1.82) is 0 Å². The van der Waals surface area contributed by atoms with E-state index in [2.05, 4.69) is 20.4 Å². The Balaban J connectivity index is 1.41. The number of hydrogen-bond donors (Lipinski definition) is 3. The van der Waals surface area contributed by atoms with Crippen molar-refractivity contribution >= 4 is 17.2 Å². The van der Waals surface area contributed by atoms with Crippen LogP contribution in [0.15, 0.2) is 55.0 Å². The van der Waals surface area contributed by atoms with E-state index in [4.69, 9.17) is 10.5 Å². The van der Waals surface area contributed by atoms with Crippen molar-refractivity contribution in [3.05, 3.63) is 71.7 Å². The number of nitrogens with two attached hydrogens (primary N) is 1. The molecule has 3 aromatic heterocycles. The Labute approximate surface area is 244 Å². The SMILES string of the molecule is COc1ncc(-c2cc(C(F)(F)F)c3c(N)ncnn23)cc1C(=O)N[C@@H]1CN(CC(O)(c2ccccc2)C(F)(F)F)C[C@@H]1F. The van der Waals surface area contributed by atoms with Gasteiger partial charge in [0.2, 0.25) is 5.88 Å². The molecule has 234 valence electrons. The second-order valence-electron chi connectivity index (χ2n) is 10.1. The third-order valence-corrected chi connectivity index (χ3v) is 7.29. The van der Waals surface area contributed by atoms with Crippen LogP contribution in [0.5, 0.6) is 5.88 Å². The van der Waals surface area contributed by atoms with Crippen molar-refractivity contribution in [1.82, 2.24) is 29.8 Å². The minimum atomic E-state index is -5.09. The second-order valence-corrected chi connectivity index (χ2v) is 10.1. The number of alkyl halides is 7. The van der Waals surface area contributed by atoms with E-state index in [1.165, 1.54) is 25.3 Å². The lowest BCUT2D eigenvalue weighted by Gasteiger charge is -2.34. The lowest BCUT2D eigenvalue weighted by Crippen LogP contribution is -2.51. The molecule has 4 aromatic rings. The summed E-state index contributed by atoms with van der Waals surface area (Å²) in [6.45, 7) is -1.91. The number of carbonyl (C=O) groups is 1. The number of nitrogen functional groups attached to an aromatic ring is 1. The molecule has 1 unspecified atom stereocenters. The highest BCUT2D eigenvalue weighted by Crippen LogP contribution is 2.41. The van der Waals surface area contributed by atoms with Gasteiger partial charge in [-0.1, -0.05) is 30.3 Å². The summed E-state index contributed by atoms with van der Waals surface area (Å²) >= 11 is 0. The van der Waals surface area contributed by atoms with Crippen LogP contribution in [0.3, 0.4) is 0 Å². The molecule has 1 amide bonds. The number of methoxy groups -OCH3 is 1. The molecule has 44 heavy (non-hydrogen) atoms. The number of benzene rings is 1. The summed E-state index contributed by atoms with van der Waals surface area (Å²) < 4.78 is 104. The monoisotopic (exact) mass is 627 g/mol. The number of likely N-dealkylation sites (tertiary alicyclic amines) is 1. The molecule has 0 radical (unpaired) electrons. The molecule has 1 saturated heterocycles. The van der Waals surface area contributed by atoms with Gasteiger partial charge in [-0.15, -0.1) is 0 Å². The zero-order valence-electron chi connectivity index (χ0n) is 22.7. The maximum absolute atomic E-state index is 15.0. The minimum absolute atomic E-state index is 0.0116. The number of rotatable bonds is 7. The summed E-state index contributed by atoms with van der Waals surface area (Å²) in [6, 6.07) is 6.95. The van der Waals surface area contributed by atoms with E-state index < -0.39 is 71.6 Å². The Kier molecular flexibility index (Phi) is 7.88. The summed E-state index contributed by atoms with van der Waals surface area (Å²) in [4.78, 5) is 21.9. The highest BCUT2D eigenvalue weighted by Gasteiger charge is 2.56. The van der Waals surface area contributed by atoms with Crippen LogP contribution in [-0.2, 0) is 11.8 Å². The summed E-state index contributed by atoms with van der Waals surface area (Å²) in [5.41, 5.74) is -0.146. The lowest BCUT2D eigenvalue weighted by atomic mass is 9.92. The number of aromatic nitrogens is 4. The van der Waals surface area contributed by atoms with Gasteiger partial charge in [-0.3, -0.25) is 9.69 Å². The van der Waals surface area contributed by atoms with Gasteiger partial charge in [0.25, 0.3) is 5.91 Å². The predicted octanol–water partition coefficient (Wildman–Crippen LogP) is 3.60. The molecule has 4 heterocycles. The number of anilines is 1. The van der Waals surface area contributed by atoms with Crippen LogP contribution in [0, 0.1) is 0 Å². The Morgan fingerprint density at radius 1 is 1.11 bits per heavy atom. The van der Waals surface area contributed by atoms with E-state index in [9.17, 15) is 36.2 Å². The van der Waals surface area contributed by atoms with Crippen LogP contribution >= 0.6 is 0 Å². The van der Waals surface area contributed by atoms with Crippen molar-refractivity contribution in [3.8, 4) is 17.1 Å². The number of halogens is 7. The van der Waals surface area contributed by atoms with E-state index in [0.717, 1.165) is 46.2 Å². The molecule has 17 heteroatoms. The van der Waals surface area contributed by atoms with E-state index in [0.29, 0.717) is 0 Å². The molecule has 0 saturated carbocycles. The number of aliphatic hydroxyl groups is 1. The molecular weight excluding hydrogens is 603 g/mol. The fraction of sp³-hybridized carbons (Fsp3) is 0.333. The highest BCUT2D eigenvalue weighted by atomic mass is 19.4. The summed E-state index contributed by atoms with van der Waals surface area (Å²) in [6.07, 6.45) is -9.66. The Hall–Kier alpha value is -4.51. The molecule has 1 aliphatic heterocycles. The quantitative estimate of drug-likeness (QED) is 0.265. The van der Waals surface area contributed by atoms with Gasteiger partial charge < -0.3 is 20.9 Å². The van der Waals surface area contributed by atoms with Gasteiger partial charge in [-0.05, 0) is 17.7 Å². The maximum atomic E-state index is 15.0. The number of ether oxygens (including phenoxy) is 1.